The second kappa shape index (κ2) is 7.23. The molecule has 1 unspecified atom stereocenters. The molecular formula is C18H25N3. The number of benzene rings is 1. The van der Waals surface area contributed by atoms with Crippen LogP contribution in [0.4, 0.5) is 11.5 Å². The van der Waals surface area contributed by atoms with Crippen molar-refractivity contribution in [2.75, 3.05) is 18.5 Å². The molecule has 0 spiro atoms. The van der Waals surface area contributed by atoms with Gasteiger partial charge in [0.25, 0.3) is 0 Å². The predicted molar refractivity (Wildman–Crippen MR) is 90.2 cm³/mol. The largest absolute Gasteiger partial charge is 0.329 e. The third kappa shape index (κ3) is 3.82. The number of rotatable bonds is 6. The molecule has 0 aliphatic heterocycles. The lowest BCUT2D eigenvalue weighted by molar-refractivity contribution is 0.569. The quantitative estimate of drug-likeness (QED) is 0.860. The molecule has 2 aromatic rings. The van der Waals surface area contributed by atoms with Gasteiger partial charge in [0.2, 0.25) is 0 Å². The lowest BCUT2D eigenvalue weighted by Crippen LogP contribution is -2.19. The highest BCUT2D eigenvalue weighted by molar-refractivity contribution is 5.62. The number of anilines is 2. The fourth-order valence-electron chi connectivity index (χ4n) is 2.39. The first-order chi connectivity index (χ1) is 10.1. The standard InChI is InChI=1S/C18H25N3/c1-5-12-19-15(3)16-10-11-18(20-13-16)21(4)17-9-7-6-8-14(17)2/h6-11,13,15,19H,5,12H2,1-4H3. The van der Waals surface area contributed by atoms with Gasteiger partial charge in [0.05, 0.1) is 0 Å². The monoisotopic (exact) mass is 283 g/mol. The zero-order valence-corrected chi connectivity index (χ0v) is 13.4. The molecule has 0 saturated carbocycles. The SMILES string of the molecule is CCCNC(C)c1ccc(N(C)c2ccccc2C)nc1. The van der Waals surface area contributed by atoms with Crippen LogP contribution >= 0.6 is 0 Å². The third-order valence-corrected chi connectivity index (χ3v) is 3.79. The van der Waals surface area contributed by atoms with Crippen LogP contribution in [0, 0.1) is 6.92 Å². The Balaban J connectivity index is 2.13. The first kappa shape index (κ1) is 15.5. The van der Waals surface area contributed by atoms with Crippen molar-refractivity contribution < 1.29 is 0 Å². The van der Waals surface area contributed by atoms with Crippen LogP contribution in [-0.4, -0.2) is 18.6 Å². The molecule has 0 radical (unpaired) electrons. The molecule has 2 rings (SSSR count). The summed E-state index contributed by atoms with van der Waals surface area (Å²) in [5.41, 5.74) is 3.67. The van der Waals surface area contributed by atoms with Crippen molar-refractivity contribution in [1.82, 2.24) is 10.3 Å². The number of nitrogens with one attached hydrogen (secondary N) is 1. The van der Waals surface area contributed by atoms with Gasteiger partial charge in [-0.05, 0) is 50.1 Å². The fourth-order valence-corrected chi connectivity index (χ4v) is 2.39. The van der Waals surface area contributed by atoms with E-state index in [1.54, 1.807) is 0 Å². The van der Waals surface area contributed by atoms with Crippen LogP contribution in [-0.2, 0) is 0 Å². The molecule has 0 aliphatic rings. The van der Waals surface area contributed by atoms with E-state index >= 15 is 0 Å². The average Bonchev–Trinajstić information content (AvgIpc) is 2.52. The van der Waals surface area contributed by atoms with Crippen molar-refractivity contribution in [3.8, 4) is 0 Å². The number of hydrogen-bond donors (Lipinski definition) is 1. The Morgan fingerprint density at radius 2 is 1.95 bits per heavy atom. The van der Waals surface area contributed by atoms with E-state index in [2.05, 4.69) is 79.4 Å². The van der Waals surface area contributed by atoms with Gasteiger partial charge in [-0.3, -0.25) is 0 Å². The molecule has 1 aromatic heterocycles. The van der Waals surface area contributed by atoms with Crippen molar-refractivity contribution >= 4 is 11.5 Å². The minimum atomic E-state index is 0.343. The van der Waals surface area contributed by atoms with Crippen LogP contribution in [0.1, 0.15) is 37.4 Å². The van der Waals surface area contributed by atoms with Gasteiger partial charge in [-0.25, -0.2) is 4.98 Å². The Kier molecular flexibility index (Phi) is 5.34. The molecule has 3 heteroatoms. The number of para-hydroxylation sites is 1. The summed E-state index contributed by atoms with van der Waals surface area (Å²) in [5, 5.41) is 3.48. The average molecular weight is 283 g/mol. The lowest BCUT2D eigenvalue weighted by Gasteiger charge is -2.21. The summed E-state index contributed by atoms with van der Waals surface area (Å²) in [6, 6.07) is 13.0. The number of aromatic nitrogens is 1. The van der Waals surface area contributed by atoms with Gasteiger partial charge in [-0.1, -0.05) is 31.2 Å². The van der Waals surface area contributed by atoms with Gasteiger partial charge in [-0.2, -0.15) is 0 Å². The van der Waals surface area contributed by atoms with Gasteiger partial charge in [0, 0.05) is 25.0 Å². The van der Waals surface area contributed by atoms with Gasteiger partial charge in [-0.15, -0.1) is 0 Å². The highest BCUT2D eigenvalue weighted by Crippen LogP contribution is 2.25. The smallest absolute Gasteiger partial charge is 0.132 e. The second-order valence-electron chi connectivity index (χ2n) is 5.47. The Hall–Kier alpha value is -1.87. The molecule has 0 aliphatic carbocycles. The molecule has 112 valence electrons. The number of aryl methyl sites for hydroxylation is 1. The Morgan fingerprint density at radius 1 is 1.19 bits per heavy atom. The zero-order chi connectivity index (χ0) is 15.2. The molecule has 1 heterocycles. The molecule has 3 nitrogen and oxygen atoms in total. The van der Waals surface area contributed by atoms with E-state index in [9.17, 15) is 0 Å². The van der Waals surface area contributed by atoms with E-state index in [1.807, 2.05) is 6.20 Å². The summed E-state index contributed by atoms with van der Waals surface area (Å²) in [7, 11) is 2.06. The minimum absolute atomic E-state index is 0.343. The Labute approximate surface area is 128 Å². The summed E-state index contributed by atoms with van der Waals surface area (Å²) < 4.78 is 0. The van der Waals surface area contributed by atoms with Gasteiger partial charge < -0.3 is 10.2 Å². The third-order valence-electron chi connectivity index (χ3n) is 3.79. The molecule has 0 saturated heterocycles. The second-order valence-corrected chi connectivity index (χ2v) is 5.47. The molecule has 21 heavy (non-hydrogen) atoms. The van der Waals surface area contributed by atoms with Crippen LogP contribution in [0.25, 0.3) is 0 Å². The maximum Gasteiger partial charge on any atom is 0.132 e. The molecular weight excluding hydrogens is 258 g/mol. The van der Waals surface area contributed by atoms with Crippen LogP contribution in [0.3, 0.4) is 0 Å². The number of nitrogens with zero attached hydrogens (tertiary/aromatic N) is 2. The molecule has 1 N–H and O–H groups in total. The maximum atomic E-state index is 4.61. The first-order valence-electron chi connectivity index (χ1n) is 7.62. The van der Waals surface area contributed by atoms with Crippen LogP contribution in [0.5, 0.6) is 0 Å². The first-order valence-corrected chi connectivity index (χ1v) is 7.62. The van der Waals surface area contributed by atoms with Gasteiger partial charge in [0.1, 0.15) is 5.82 Å². The van der Waals surface area contributed by atoms with Gasteiger partial charge >= 0.3 is 0 Å². The molecule has 0 bridgehead atoms. The normalized spacial score (nSPS) is 12.2. The summed E-state index contributed by atoms with van der Waals surface area (Å²) in [5.74, 6) is 0.968. The van der Waals surface area contributed by atoms with Gasteiger partial charge in [0.15, 0.2) is 0 Å². The van der Waals surface area contributed by atoms with E-state index in [0.29, 0.717) is 6.04 Å². The van der Waals surface area contributed by atoms with Crippen molar-refractivity contribution in [2.24, 2.45) is 0 Å². The van der Waals surface area contributed by atoms with Crippen LogP contribution in [0.15, 0.2) is 42.6 Å². The molecule has 0 fully saturated rings. The minimum Gasteiger partial charge on any atom is -0.329 e. The number of pyridine rings is 1. The van der Waals surface area contributed by atoms with Crippen molar-refractivity contribution in [3.63, 3.8) is 0 Å². The highest BCUT2D eigenvalue weighted by Gasteiger charge is 2.09. The van der Waals surface area contributed by atoms with E-state index in [-0.39, 0.29) is 0 Å². The molecule has 0 amide bonds. The summed E-state index contributed by atoms with van der Waals surface area (Å²) >= 11 is 0. The lowest BCUT2D eigenvalue weighted by atomic mass is 10.1. The topological polar surface area (TPSA) is 28.2 Å². The predicted octanol–water partition coefficient (Wildman–Crippen LogP) is 4.22. The van der Waals surface area contributed by atoms with Crippen LogP contribution in [0.2, 0.25) is 0 Å². The van der Waals surface area contributed by atoms with Crippen molar-refractivity contribution in [3.05, 3.63) is 53.7 Å². The van der Waals surface area contributed by atoms with Crippen molar-refractivity contribution in [2.45, 2.75) is 33.2 Å². The number of hydrogen-bond acceptors (Lipinski definition) is 3. The van der Waals surface area contributed by atoms with Crippen molar-refractivity contribution in [1.29, 1.82) is 0 Å². The summed E-state index contributed by atoms with van der Waals surface area (Å²) in [4.78, 5) is 6.74. The fraction of sp³-hybridized carbons (Fsp3) is 0.389. The Morgan fingerprint density at radius 3 is 2.57 bits per heavy atom. The van der Waals surface area contributed by atoms with E-state index in [4.69, 9.17) is 0 Å². The Bertz CT molecular complexity index is 563. The van der Waals surface area contributed by atoms with E-state index in [1.165, 1.54) is 16.8 Å². The van der Waals surface area contributed by atoms with Crippen LogP contribution < -0.4 is 10.2 Å². The summed E-state index contributed by atoms with van der Waals surface area (Å²) in [6.45, 7) is 7.51. The molecule has 1 atom stereocenters. The molecule has 1 aromatic carbocycles. The highest BCUT2D eigenvalue weighted by atomic mass is 15.2. The van der Waals surface area contributed by atoms with E-state index < -0.39 is 0 Å². The maximum absolute atomic E-state index is 4.61. The summed E-state index contributed by atoms with van der Waals surface area (Å²) in [6.07, 6.45) is 3.11. The zero-order valence-electron chi connectivity index (χ0n) is 13.4. The van der Waals surface area contributed by atoms with E-state index in [0.717, 1.165) is 18.8 Å².